The number of aromatic nitrogens is 3. The molecule has 1 aromatic heterocycles. The highest BCUT2D eigenvalue weighted by molar-refractivity contribution is 6.31. The zero-order chi connectivity index (χ0) is 14.2. The lowest BCUT2D eigenvalue weighted by molar-refractivity contribution is 0.502. The maximum Gasteiger partial charge on any atom is 0.169 e. The number of anilines is 1. The number of nitrogens with two attached hydrogens (primary N) is 1. The van der Waals surface area contributed by atoms with Crippen LogP contribution in [-0.4, -0.2) is 15.0 Å². The molecule has 0 radical (unpaired) electrons. The molecule has 19 heavy (non-hydrogen) atoms. The van der Waals surface area contributed by atoms with Gasteiger partial charge in [0.15, 0.2) is 5.82 Å². The number of hydrogen-bond donors (Lipinski definition) is 1. The van der Waals surface area contributed by atoms with Crippen molar-refractivity contribution in [3.05, 3.63) is 40.0 Å². The van der Waals surface area contributed by atoms with Crippen LogP contribution in [0.4, 0.5) is 5.82 Å². The quantitative estimate of drug-likeness (QED) is 0.918. The Morgan fingerprint density at radius 1 is 1.32 bits per heavy atom. The molecular weight excluding hydrogens is 260 g/mol. The monoisotopic (exact) mass is 278 g/mol. The lowest BCUT2D eigenvalue weighted by Crippen LogP contribution is -2.20. The highest BCUT2D eigenvalue weighted by atomic mass is 35.5. The first kappa shape index (κ1) is 13.9. The molecule has 2 rings (SSSR count). The van der Waals surface area contributed by atoms with Crippen LogP contribution in [0, 0.1) is 6.92 Å². The van der Waals surface area contributed by atoms with E-state index in [9.17, 15) is 0 Å². The summed E-state index contributed by atoms with van der Waals surface area (Å²) in [5, 5.41) is 8.84. The summed E-state index contributed by atoms with van der Waals surface area (Å²) in [6.07, 6.45) is 0. The number of nitrogen functional groups attached to an aromatic ring is 1. The third-order valence-corrected chi connectivity index (χ3v) is 3.35. The van der Waals surface area contributed by atoms with Crippen LogP contribution < -0.4 is 5.73 Å². The zero-order valence-electron chi connectivity index (χ0n) is 11.7. The van der Waals surface area contributed by atoms with Crippen LogP contribution in [0.1, 0.15) is 37.6 Å². The lowest BCUT2D eigenvalue weighted by Gasteiger charge is -2.20. The molecule has 102 valence electrons. The summed E-state index contributed by atoms with van der Waals surface area (Å²) in [6, 6.07) is 6.01. The standard InChI is InChI=1S/C14H19ClN4/c1-9-5-6-10(11(15)7-9)8-19-12(14(2,3)4)13(16)17-18-19/h5-7H,8,16H2,1-4H3. The topological polar surface area (TPSA) is 56.7 Å². The molecule has 0 atom stereocenters. The maximum absolute atomic E-state index is 6.26. The van der Waals surface area contributed by atoms with Crippen LogP contribution >= 0.6 is 11.6 Å². The smallest absolute Gasteiger partial charge is 0.169 e. The van der Waals surface area contributed by atoms with Gasteiger partial charge in [-0.05, 0) is 24.1 Å². The van der Waals surface area contributed by atoms with E-state index >= 15 is 0 Å². The molecule has 0 bridgehead atoms. The molecule has 0 aliphatic heterocycles. The van der Waals surface area contributed by atoms with Gasteiger partial charge < -0.3 is 5.73 Å². The Kier molecular flexibility index (Phi) is 3.54. The second kappa shape index (κ2) is 4.85. The highest BCUT2D eigenvalue weighted by Crippen LogP contribution is 2.27. The second-order valence-corrected chi connectivity index (χ2v) is 6.23. The predicted molar refractivity (Wildman–Crippen MR) is 78.4 cm³/mol. The van der Waals surface area contributed by atoms with Crippen LogP contribution in [0.25, 0.3) is 0 Å². The summed E-state index contributed by atoms with van der Waals surface area (Å²) in [6.45, 7) is 8.87. The fourth-order valence-corrected chi connectivity index (χ4v) is 2.45. The molecule has 2 N–H and O–H groups in total. The van der Waals surface area contributed by atoms with Crippen molar-refractivity contribution in [1.82, 2.24) is 15.0 Å². The number of hydrogen-bond acceptors (Lipinski definition) is 3. The SMILES string of the molecule is Cc1ccc(Cn2nnc(N)c2C(C)(C)C)c(Cl)c1. The molecule has 4 nitrogen and oxygen atoms in total. The molecule has 0 aliphatic rings. The Morgan fingerprint density at radius 3 is 2.58 bits per heavy atom. The van der Waals surface area contributed by atoms with Crippen LogP contribution in [-0.2, 0) is 12.0 Å². The minimum atomic E-state index is -0.106. The molecule has 0 saturated carbocycles. The fraction of sp³-hybridized carbons (Fsp3) is 0.429. The van der Waals surface area contributed by atoms with Gasteiger partial charge in [-0.3, -0.25) is 0 Å². The first-order valence-corrected chi connectivity index (χ1v) is 6.61. The van der Waals surface area contributed by atoms with Gasteiger partial charge in [0.1, 0.15) is 0 Å². The highest BCUT2D eigenvalue weighted by Gasteiger charge is 2.24. The van der Waals surface area contributed by atoms with Crippen molar-refractivity contribution in [3.8, 4) is 0 Å². The molecule has 1 aromatic carbocycles. The van der Waals surface area contributed by atoms with Gasteiger partial charge in [-0.2, -0.15) is 0 Å². The average molecular weight is 279 g/mol. The van der Waals surface area contributed by atoms with E-state index in [1.807, 2.05) is 29.8 Å². The Labute approximate surface area is 118 Å². The van der Waals surface area contributed by atoms with Crippen molar-refractivity contribution in [3.63, 3.8) is 0 Å². The molecule has 2 aromatic rings. The van der Waals surface area contributed by atoms with E-state index in [1.54, 1.807) is 0 Å². The van der Waals surface area contributed by atoms with Crippen molar-refractivity contribution in [2.45, 2.75) is 39.7 Å². The van der Waals surface area contributed by atoms with Gasteiger partial charge in [0, 0.05) is 10.4 Å². The number of aryl methyl sites for hydroxylation is 1. The lowest BCUT2D eigenvalue weighted by atomic mass is 9.91. The minimum Gasteiger partial charge on any atom is -0.381 e. The minimum absolute atomic E-state index is 0.106. The summed E-state index contributed by atoms with van der Waals surface area (Å²) in [5.74, 6) is 0.482. The Hall–Kier alpha value is -1.55. The molecule has 5 heteroatoms. The first-order chi connectivity index (χ1) is 8.79. The van der Waals surface area contributed by atoms with Crippen LogP contribution in [0.2, 0.25) is 5.02 Å². The van der Waals surface area contributed by atoms with Gasteiger partial charge in [0.25, 0.3) is 0 Å². The van der Waals surface area contributed by atoms with Crippen molar-refractivity contribution in [1.29, 1.82) is 0 Å². The van der Waals surface area contributed by atoms with E-state index in [0.29, 0.717) is 12.4 Å². The van der Waals surface area contributed by atoms with Crippen LogP contribution in [0.3, 0.4) is 0 Å². The molecule has 0 spiro atoms. The summed E-state index contributed by atoms with van der Waals surface area (Å²) in [5.41, 5.74) is 8.90. The molecule has 0 saturated heterocycles. The maximum atomic E-state index is 6.26. The largest absolute Gasteiger partial charge is 0.381 e. The number of rotatable bonds is 2. The van der Waals surface area contributed by atoms with Gasteiger partial charge in [-0.1, -0.05) is 49.7 Å². The van der Waals surface area contributed by atoms with E-state index in [-0.39, 0.29) is 5.41 Å². The molecule has 0 unspecified atom stereocenters. The van der Waals surface area contributed by atoms with Crippen molar-refractivity contribution in [2.24, 2.45) is 0 Å². The van der Waals surface area contributed by atoms with Gasteiger partial charge in [0.2, 0.25) is 0 Å². The second-order valence-electron chi connectivity index (χ2n) is 5.83. The van der Waals surface area contributed by atoms with Gasteiger partial charge >= 0.3 is 0 Å². The van der Waals surface area contributed by atoms with Crippen molar-refractivity contribution in [2.75, 3.05) is 5.73 Å². The van der Waals surface area contributed by atoms with E-state index < -0.39 is 0 Å². The summed E-state index contributed by atoms with van der Waals surface area (Å²) in [4.78, 5) is 0. The third kappa shape index (κ3) is 2.89. The van der Waals surface area contributed by atoms with E-state index in [0.717, 1.165) is 21.8 Å². The Balaban J connectivity index is 2.39. The summed E-state index contributed by atoms with van der Waals surface area (Å²) in [7, 11) is 0. The Bertz CT molecular complexity index is 596. The molecule has 0 aliphatic carbocycles. The molecule has 0 amide bonds. The molecule has 0 fully saturated rings. The normalized spacial score (nSPS) is 11.8. The van der Waals surface area contributed by atoms with Crippen molar-refractivity contribution < 1.29 is 0 Å². The Morgan fingerprint density at radius 2 is 2.00 bits per heavy atom. The van der Waals surface area contributed by atoms with E-state index in [1.165, 1.54) is 0 Å². The van der Waals surface area contributed by atoms with Gasteiger partial charge in [-0.15, -0.1) is 5.10 Å². The first-order valence-electron chi connectivity index (χ1n) is 6.23. The van der Waals surface area contributed by atoms with Gasteiger partial charge in [-0.25, -0.2) is 4.68 Å². The fourth-order valence-electron chi connectivity index (χ4n) is 2.15. The molecular formula is C14H19ClN4. The predicted octanol–water partition coefficient (Wildman–Crippen LogP) is 3.17. The number of nitrogens with zero attached hydrogens (tertiary/aromatic N) is 3. The summed E-state index contributed by atoms with van der Waals surface area (Å²) < 4.78 is 1.83. The van der Waals surface area contributed by atoms with Crippen LogP contribution in [0.5, 0.6) is 0 Å². The van der Waals surface area contributed by atoms with Crippen LogP contribution in [0.15, 0.2) is 18.2 Å². The average Bonchev–Trinajstić information content (AvgIpc) is 2.63. The molecule has 1 heterocycles. The van der Waals surface area contributed by atoms with E-state index in [2.05, 4.69) is 31.1 Å². The zero-order valence-corrected chi connectivity index (χ0v) is 12.5. The third-order valence-electron chi connectivity index (χ3n) is 3.00. The van der Waals surface area contributed by atoms with Gasteiger partial charge in [0.05, 0.1) is 12.2 Å². The summed E-state index contributed by atoms with van der Waals surface area (Å²) >= 11 is 6.26. The number of benzene rings is 1. The van der Waals surface area contributed by atoms with E-state index in [4.69, 9.17) is 17.3 Å². The number of halogens is 1. The van der Waals surface area contributed by atoms with Crippen molar-refractivity contribution >= 4 is 17.4 Å².